The van der Waals surface area contributed by atoms with E-state index in [2.05, 4.69) is 5.32 Å². The molecule has 0 aliphatic carbocycles. The summed E-state index contributed by atoms with van der Waals surface area (Å²) in [5, 5.41) is 3.75. The van der Waals surface area contributed by atoms with Gasteiger partial charge >= 0.3 is 5.97 Å². The number of rotatable bonds is 6. The van der Waals surface area contributed by atoms with Crippen molar-refractivity contribution >= 4 is 23.3 Å². The number of carbonyl (C=O) groups is 1. The van der Waals surface area contributed by atoms with Crippen molar-refractivity contribution in [2.24, 2.45) is 0 Å². The maximum Gasteiger partial charge on any atom is 0.327 e. The number of hydrogen-bond acceptors (Lipinski definition) is 4. The highest BCUT2D eigenvalue weighted by atomic mass is 35.5. The van der Waals surface area contributed by atoms with Crippen LogP contribution in [0.25, 0.3) is 0 Å². The van der Waals surface area contributed by atoms with Gasteiger partial charge in [-0.15, -0.1) is 0 Å². The summed E-state index contributed by atoms with van der Waals surface area (Å²) in [5.41, 5.74) is 8.15. The number of nitrogens with two attached hydrogens (primary N) is 1. The van der Waals surface area contributed by atoms with E-state index in [4.69, 9.17) is 22.1 Å². The van der Waals surface area contributed by atoms with Gasteiger partial charge in [-0.05, 0) is 24.6 Å². The molecule has 2 aromatic rings. The molecule has 0 spiro atoms. The van der Waals surface area contributed by atoms with Crippen LogP contribution in [-0.2, 0) is 16.1 Å². The van der Waals surface area contributed by atoms with Gasteiger partial charge in [-0.1, -0.05) is 48.0 Å². The largest absolute Gasteiger partial charge is 0.465 e. The van der Waals surface area contributed by atoms with Crippen molar-refractivity contribution in [3.05, 3.63) is 64.7 Å². The number of nitrogen functional groups attached to an aromatic ring is 1. The smallest absolute Gasteiger partial charge is 0.327 e. The molecule has 5 heteroatoms. The highest BCUT2D eigenvalue weighted by Gasteiger charge is 2.21. The van der Waals surface area contributed by atoms with E-state index in [1.807, 2.05) is 30.3 Å². The third-order valence-corrected chi connectivity index (χ3v) is 3.65. The molecule has 0 heterocycles. The van der Waals surface area contributed by atoms with Crippen molar-refractivity contribution in [3.63, 3.8) is 0 Å². The Labute approximate surface area is 135 Å². The Morgan fingerprint density at radius 2 is 1.95 bits per heavy atom. The van der Waals surface area contributed by atoms with Gasteiger partial charge in [0.15, 0.2) is 0 Å². The second-order valence-corrected chi connectivity index (χ2v) is 5.19. The fourth-order valence-electron chi connectivity index (χ4n) is 2.17. The summed E-state index contributed by atoms with van der Waals surface area (Å²) in [6.45, 7) is 2.49. The van der Waals surface area contributed by atoms with Crippen LogP contribution in [0.5, 0.6) is 0 Å². The van der Waals surface area contributed by atoms with E-state index in [0.717, 1.165) is 11.1 Å². The van der Waals surface area contributed by atoms with Gasteiger partial charge in [-0.2, -0.15) is 0 Å². The highest BCUT2D eigenvalue weighted by Crippen LogP contribution is 2.23. The zero-order valence-electron chi connectivity index (χ0n) is 12.4. The van der Waals surface area contributed by atoms with Gasteiger partial charge in [-0.3, -0.25) is 5.32 Å². The molecule has 3 N–H and O–H groups in total. The lowest BCUT2D eigenvalue weighted by molar-refractivity contribution is -0.145. The van der Waals surface area contributed by atoms with Crippen LogP contribution >= 0.6 is 11.6 Å². The normalized spacial score (nSPS) is 11.9. The average Bonchev–Trinajstić information content (AvgIpc) is 2.51. The molecule has 0 radical (unpaired) electrons. The quantitative estimate of drug-likeness (QED) is 0.633. The van der Waals surface area contributed by atoms with Gasteiger partial charge in [0.25, 0.3) is 0 Å². The minimum atomic E-state index is -0.558. The zero-order chi connectivity index (χ0) is 15.9. The van der Waals surface area contributed by atoms with Crippen molar-refractivity contribution < 1.29 is 9.53 Å². The van der Waals surface area contributed by atoms with Crippen molar-refractivity contribution in [1.82, 2.24) is 5.32 Å². The Morgan fingerprint density at radius 1 is 1.23 bits per heavy atom. The maximum absolute atomic E-state index is 12.2. The topological polar surface area (TPSA) is 64.3 Å². The van der Waals surface area contributed by atoms with Gasteiger partial charge in [0.1, 0.15) is 6.04 Å². The number of nitrogens with one attached hydrogen (secondary N) is 1. The predicted molar refractivity (Wildman–Crippen MR) is 88.5 cm³/mol. The monoisotopic (exact) mass is 318 g/mol. The van der Waals surface area contributed by atoms with Crippen LogP contribution in [0.15, 0.2) is 48.5 Å². The Kier molecular flexibility index (Phi) is 5.81. The fraction of sp³-hybridized carbons (Fsp3) is 0.235. The molecule has 0 aliphatic heterocycles. The highest BCUT2D eigenvalue weighted by molar-refractivity contribution is 6.31. The predicted octanol–water partition coefficient (Wildman–Crippen LogP) is 3.32. The molecular weight excluding hydrogens is 300 g/mol. The summed E-state index contributed by atoms with van der Waals surface area (Å²) in [7, 11) is 0. The lowest BCUT2D eigenvalue weighted by Gasteiger charge is -2.18. The van der Waals surface area contributed by atoms with Crippen molar-refractivity contribution in [3.8, 4) is 0 Å². The summed E-state index contributed by atoms with van der Waals surface area (Å²) in [6.07, 6.45) is 0. The van der Waals surface area contributed by atoms with Crippen LogP contribution in [0, 0.1) is 0 Å². The molecule has 0 saturated carbocycles. The number of halogens is 1. The molecule has 0 aromatic heterocycles. The van der Waals surface area contributed by atoms with E-state index in [-0.39, 0.29) is 5.97 Å². The minimum absolute atomic E-state index is 0.320. The Morgan fingerprint density at radius 3 is 2.59 bits per heavy atom. The number of benzene rings is 2. The molecule has 22 heavy (non-hydrogen) atoms. The summed E-state index contributed by atoms with van der Waals surface area (Å²) >= 11 is 6.16. The molecule has 0 bridgehead atoms. The third-order valence-electron chi connectivity index (χ3n) is 3.29. The second-order valence-electron chi connectivity index (χ2n) is 4.78. The number of hydrogen-bond donors (Lipinski definition) is 2. The number of carbonyl (C=O) groups excluding carboxylic acids is 1. The van der Waals surface area contributed by atoms with Crippen molar-refractivity contribution in [1.29, 1.82) is 0 Å². The maximum atomic E-state index is 12.2. The summed E-state index contributed by atoms with van der Waals surface area (Å²) in [4.78, 5) is 12.2. The fourth-order valence-corrected chi connectivity index (χ4v) is 2.42. The molecule has 0 unspecified atom stereocenters. The van der Waals surface area contributed by atoms with Gasteiger partial charge in [0, 0.05) is 22.8 Å². The second kappa shape index (κ2) is 7.82. The first kappa shape index (κ1) is 16.3. The van der Waals surface area contributed by atoms with E-state index in [1.165, 1.54) is 0 Å². The SMILES string of the molecule is CCOC(=O)[C@H](NCc1c(N)cccc1Cl)c1ccccc1. The standard InChI is InChI=1S/C17H19ClN2O2/c1-2-22-17(21)16(12-7-4-3-5-8-12)20-11-13-14(18)9-6-10-15(13)19/h3-10,16,20H,2,11,19H2,1H3/t16-/m1/s1. The third kappa shape index (κ3) is 4.00. The van der Waals surface area contributed by atoms with Crippen LogP contribution in [0.1, 0.15) is 24.1 Å². The first-order chi connectivity index (χ1) is 10.6. The van der Waals surface area contributed by atoms with Crippen molar-refractivity contribution in [2.45, 2.75) is 19.5 Å². The van der Waals surface area contributed by atoms with Crippen LogP contribution in [0.3, 0.4) is 0 Å². The van der Waals surface area contributed by atoms with E-state index in [1.54, 1.807) is 25.1 Å². The van der Waals surface area contributed by atoms with Gasteiger partial charge in [0.2, 0.25) is 0 Å². The average molecular weight is 319 g/mol. The van der Waals surface area contributed by atoms with Crippen LogP contribution in [0.4, 0.5) is 5.69 Å². The van der Waals surface area contributed by atoms with Crippen LogP contribution in [0.2, 0.25) is 5.02 Å². The van der Waals surface area contributed by atoms with Crippen LogP contribution < -0.4 is 11.1 Å². The van der Waals surface area contributed by atoms with Gasteiger partial charge in [0.05, 0.1) is 6.61 Å². The zero-order valence-corrected chi connectivity index (χ0v) is 13.1. The van der Waals surface area contributed by atoms with E-state index in [0.29, 0.717) is 23.9 Å². The molecule has 0 fully saturated rings. The van der Waals surface area contributed by atoms with Crippen LogP contribution in [-0.4, -0.2) is 12.6 Å². The molecule has 116 valence electrons. The summed E-state index contributed by atoms with van der Waals surface area (Å²) in [6, 6.07) is 14.2. The molecule has 2 rings (SSSR count). The summed E-state index contributed by atoms with van der Waals surface area (Å²) in [5.74, 6) is -0.320. The molecular formula is C17H19ClN2O2. The lowest BCUT2D eigenvalue weighted by atomic mass is 10.1. The minimum Gasteiger partial charge on any atom is -0.465 e. The van der Waals surface area contributed by atoms with E-state index < -0.39 is 6.04 Å². The molecule has 2 aromatic carbocycles. The Balaban J connectivity index is 2.19. The van der Waals surface area contributed by atoms with E-state index >= 15 is 0 Å². The van der Waals surface area contributed by atoms with Crippen molar-refractivity contribution in [2.75, 3.05) is 12.3 Å². The molecule has 0 saturated heterocycles. The molecule has 0 amide bonds. The molecule has 0 aliphatic rings. The number of esters is 1. The number of ether oxygens (including phenoxy) is 1. The molecule has 4 nitrogen and oxygen atoms in total. The van der Waals surface area contributed by atoms with E-state index in [9.17, 15) is 4.79 Å². The first-order valence-electron chi connectivity index (χ1n) is 7.11. The molecule has 1 atom stereocenters. The summed E-state index contributed by atoms with van der Waals surface area (Å²) < 4.78 is 5.14. The number of anilines is 1. The lowest BCUT2D eigenvalue weighted by Crippen LogP contribution is -2.30. The van der Waals surface area contributed by atoms with Gasteiger partial charge < -0.3 is 10.5 Å². The Bertz CT molecular complexity index is 612. The Hall–Kier alpha value is -2.04. The first-order valence-corrected chi connectivity index (χ1v) is 7.49. The van der Waals surface area contributed by atoms with Gasteiger partial charge in [-0.25, -0.2) is 4.79 Å².